The van der Waals surface area contributed by atoms with Crippen molar-refractivity contribution >= 4 is 22.6 Å². The highest BCUT2D eigenvalue weighted by molar-refractivity contribution is 5.91. The molecule has 1 atom stereocenters. The van der Waals surface area contributed by atoms with Crippen molar-refractivity contribution in [2.24, 2.45) is 0 Å². The number of aromatic amines is 1. The van der Waals surface area contributed by atoms with E-state index in [0.717, 1.165) is 16.6 Å². The van der Waals surface area contributed by atoms with Gasteiger partial charge in [-0.15, -0.1) is 0 Å². The van der Waals surface area contributed by atoms with E-state index in [9.17, 15) is 4.79 Å². The summed E-state index contributed by atoms with van der Waals surface area (Å²) in [5, 5.41) is 19.4. The number of benzene rings is 1. The molecule has 0 saturated heterocycles. The number of H-pyrrole nitrogens is 1. The Morgan fingerprint density at radius 3 is 3.13 bits per heavy atom. The molecule has 78 valence electrons. The number of nitrogens with zero attached hydrogens (tertiary/aromatic N) is 1. The van der Waals surface area contributed by atoms with Crippen molar-refractivity contribution in [1.29, 1.82) is 0 Å². The predicted molar refractivity (Wildman–Crippen MR) is 56.8 cm³/mol. The van der Waals surface area contributed by atoms with Crippen molar-refractivity contribution in [1.82, 2.24) is 10.2 Å². The summed E-state index contributed by atoms with van der Waals surface area (Å²) in [6.07, 6.45) is 1.70. The molecular formula is C10H11N3O2. The first kappa shape index (κ1) is 9.51. The minimum Gasteiger partial charge on any atom is -0.480 e. The van der Waals surface area contributed by atoms with Gasteiger partial charge in [-0.2, -0.15) is 5.10 Å². The van der Waals surface area contributed by atoms with Crippen molar-refractivity contribution in [3.63, 3.8) is 0 Å². The smallest absolute Gasteiger partial charge is 0.325 e. The molecule has 0 radical (unpaired) electrons. The number of fused-ring (bicyclic) bond motifs is 1. The maximum atomic E-state index is 10.7. The lowest BCUT2D eigenvalue weighted by Crippen LogP contribution is -2.25. The molecule has 0 saturated carbocycles. The average molecular weight is 205 g/mol. The van der Waals surface area contributed by atoms with Gasteiger partial charge in [0, 0.05) is 5.39 Å². The predicted octanol–water partition coefficient (Wildman–Crippen LogP) is 1.45. The fourth-order valence-electron chi connectivity index (χ4n) is 1.38. The maximum Gasteiger partial charge on any atom is 0.325 e. The van der Waals surface area contributed by atoms with E-state index in [4.69, 9.17) is 5.11 Å². The topological polar surface area (TPSA) is 78.0 Å². The molecule has 0 aliphatic carbocycles. The van der Waals surface area contributed by atoms with Gasteiger partial charge >= 0.3 is 5.97 Å². The number of aromatic nitrogens is 2. The van der Waals surface area contributed by atoms with E-state index < -0.39 is 12.0 Å². The van der Waals surface area contributed by atoms with E-state index in [-0.39, 0.29) is 0 Å². The van der Waals surface area contributed by atoms with E-state index in [1.165, 1.54) is 0 Å². The summed E-state index contributed by atoms with van der Waals surface area (Å²) in [5.41, 5.74) is 1.57. The standard InChI is InChI=1S/C10H11N3O2/c1-6(10(14)15)12-8-4-2-3-7-5-11-13-9(7)8/h2-6,12H,1H3,(H,11,13)(H,14,15). The SMILES string of the molecule is CC(Nc1cccc2cn[nH]c12)C(=O)O. The van der Waals surface area contributed by atoms with Crippen LogP contribution in [0.15, 0.2) is 24.4 Å². The number of para-hydroxylation sites is 1. The molecule has 2 rings (SSSR count). The molecule has 15 heavy (non-hydrogen) atoms. The minimum absolute atomic E-state index is 0.626. The molecule has 0 aliphatic rings. The summed E-state index contributed by atoms with van der Waals surface area (Å²) in [5.74, 6) is -0.883. The number of carboxylic acids is 1. The lowest BCUT2D eigenvalue weighted by Gasteiger charge is -2.10. The van der Waals surface area contributed by atoms with E-state index in [1.54, 1.807) is 13.1 Å². The van der Waals surface area contributed by atoms with Gasteiger partial charge < -0.3 is 10.4 Å². The summed E-state index contributed by atoms with van der Waals surface area (Å²) >= 11 is 0. The maximum absolute atomic E-state index is 10.7. The van der Waals surface area contributed by atoms with Gasteiger partial charge in [-0.25, -0.2) is 0 Å². The molecule has 3 N–H and O–H groups in total. The zero-order valence-electron chi connectivity index (χ0n) is 8.19. The Bertz CT molecular complexity index is 492. The Morgan fingerprint density at radius 2 is 2.40 bits per heavy atom. The molecule has 0 spiro atoms. The molecule has 0 bridgehead atoms. The third-order valence-electron chi connectivity index (χ3n) is 2.22. The average Bonchev–Trinajstić information content (AvgIpc) is 2.66. The van der Waals surface area contributed by atoms with Gasteiger partial charge in [0.2, 0.25) is 0 Å². The van der Waals surface area contributed by atoms with Gasteiger partial charge in [0.05, 0.1) is 17.4 Å². The number of anilines is 1. The molecule has 1 aromatic carbocycles. The summed E-state index contributed by atoms with van der Waals surface area (Å²) in [6, 6.07) is 4.96. The number of rotatable bonds is 3. The number of hydrogen-bond acceptors (Lipinski definition) is 3. The Labute approximate surface area is 86.1 Å². The Balaban J connectivity index is 2.35. The Kier molecular flexibility index (Phi) is 2.29. The molecule has 0 fully saturated rings. The van der Waals surface area contributed by atoms with E-state index in [0.29, 0.717) is 0 Å². The highest BCUT2D eigenvalue weighted by Gasteiger charge is 2.11. The van der Waals surface area contributed by atoms with Crippen LogP contribution in [0.5, 0.6) is 0 Å². The zero-order chi connectivity index (χ0) is 10.8. The van der Waals surface area contributed by atoms with Crippen LogP contribution in [0.4, 0.5) is 5.69 Å². The first-order valence-electron chi connectivity index (χ1n) is 4.60. The van der Waals surface area contributed by atoms with Crippen LogP contribution in [-0.4, -0.2) is 27.3 Å². The second kappa shape index (κ2) is 3.61. The fourth-order valence-corrected chi connectivity index (χ4v) is 1.38. The minimum atomic E-state index is -0.883. The largest absolute Gasteiger partial charge is 0.480 e. The van der Waals surface area contributed by atoms with Crippen LogP contribution in [-0.2, 0) is 4.79 Å². The first-order valence-corrected chi connectivity index (χ1v) is 4.60. The number of hydrogen-bond donors (Lipinski definition) is 3. The van der Waals surface area contributed by atoms with E-state index in [1.807, 2.05) is 18.2 Å². The molecular weight excluding hydrogens is 194 g/mol. The van der Waals surface area contributed by atoms with Gasteiger partial charge in [-0.1, -0.05) is 12.1 Å². The first-order chi connectivity index (χ1) is 7.18. The van der Waals surface area contributed by atoms with Crippen LogP contribution >= 0.6 is 0 Å². The lowest BCUT2D eigenvalue weighted by molar-refractivity contribution is -0.137. The third kappa shape index (κ3) is 1.76. The summed E-state index contributed by atoms with van der Waals surface area (Å²) in [7, 11) is 0. The second-order valence-electron chi connectivity index (χ2n) is 3.34. The van der Waals surface area contributed by atoms with E-state index in [2.05, 4.69) is 15.5 Å². The van der Waals surface area contributed by atoms with Gasteiger partial charge in [0.15, 0.2) is 0 Å². The highest BCUT2D eigenvalue weighted by atomic mass is 16.4. The molecule has 0 aliphatic heterocycles. The summed E-state index contributed by atoms with van der Waals surface area (Å²) in [4.78, 5) is 10.7. The number of carboxylic acid groups (broad SMARTS) is 1. The second-order valence-corrected chi connectivity index (χ2v) is 3.34. The third-order valence-corrected chi connectivity index (χ3v) is 2.22. The van der Waals surface area contributed by atoms with Crippen molar-refractivity contribution in [3.05, 3.63) is 24.4 Å². The van der Waals surface area contributed by atoms with Crippen LogP contribution < -0.4 is 5.32 Å². The summed E-state index contributed by atoms with van der Waals surface area (Å²) < 4.78 is 0. The molecule has 5 nitrogen and oxygen atoms in total. The van der Waals surface area contributed by atoms with Crippen molar-refractivity contribution in [2.45, 2.75) is 13.0 Å². The van der Waals surface area contributed by atoms with Crippen molar-refractivity contribution in [3.8, 4) is 0 Å². The van der Waals surface area contributed by atoms with Gasteiger partial charge in [0.25, 0.3) is 0 Å². The molecule has 1 aromatic heterocycles. The molecule has 2 aromatic rings. The van der Waals surface area contributed by atoms with Crippen LogP contribution in [0.1, 0.15) is 6.92 Å². The molecule has 5 heteroatoms. The molecule has 1 heterocycles. The Hall–Kier alpha value is -2.04. The van der Waals surface area contributed by atoms with E-state index >= 15 is 0 Å². The monoisotopic (exact) mass is 205 g/mol. The van der Waals surface area contributed by atoms with Crippen molar-refractivity contribution in [2.75, 3.05) is 5.32 Å². The van der Waals surface area contributed by atoms with Crippen molar-refractivity contribution < 1.29 is 9.90 Å². The highest BCUT2D eigenvalue weighted by Crippen LogP contribution is 2.20. The quantitative estimate of drug-likeness (QED) is 0.708. The lowest BCUT2D eigenvalue weighted by atomic mass is 10.2. The van der Waals surface area contributed by atoms with Crippen LogP contribution in [0, 0.1) is 0 Å². The molecule has 0 amide bonds. The molecule has 1 unspecified atom stereocenters. The van der Waals surface area contributed by atoms with Gasteiger partial charge in [0.1, 0.15) is 6.04 Å². The zero-order valence-corrected chi connectivity index (χ0v) is 8.19. The van der Waals surface area contributed by atoms with Crippen LogP contribution in [0.3, 0.4) is 0 Å². The summed E-state index contributed by atoms with van der Waals surface area (Å²) in [6.45, 7) is 1.59. The number of carbonyl (C=O) groups is 1. The number of nitrogens with one attached hydrogen (secondary N) is 2. The van der Waals surface area contributed by atoms with Gasteiger partial charge in [-0.05, 0) is 13.0 Å². The van der Waals surface area contributed by atoms with Crippen LogP contribution in [0.2, 0.25) is 0 Å². The number of aliphatic carboxylic acids is 1. The van der Waals surface area contributed by atoms with Gasteiger partial charge in [-0.3, -0.25) is 9.89 Å². The fraction of sp³-hybridized carbons (Fsp3) is 0.200. The Morgan fingerprint density at radius 1 is 1.60 bits per heavy atom. The van der Waals surface area contributed by atoms with Crippen LogP contribution in [0.25, 0.3) is 10.9 Å². The normalized spacial score (nSPS) is 12.6.